The highest BCUT2D eigenvalue weighted by Crippen LogP contribution is 2.46. The molecule has 18 heavy (non-hydrogen) atoms. The largest absolute Gasteiger partial charge is 0.508 e. The lowest BCUT2D eigenvalue weighted by Gasteiger charge is -2.14. The average molecular weight is 248 g/mol. The van der Waals surface area contributed by atoms with Crippen molar-refractivity contribution in [3.63, 3.8) is 0 Å². The Bertz CT molecular complexity index is 453. The van der Waals surface area contributed by atoms with Crippen LogP contribution in [0.1, 0.15) is 36.8 Å². The minimum atomic E-state index is -0.0744. The number of aromatic hydroxyl groups is 1. The normalized spacial score (nSPS) is 23.5. The number of phenolic OH excluding ortho intramolecular Hbond substituents is 1. The number of ether oxygens (including phenoxy) is 1. The molecule has 1 fully saturated rings. The number of hydrogen-bond donors (Lipinski definition) is 1. The number of methoxy groups -OCH3 is 1. The van der Waals surface area contributed by atoms with Crippen molar-refractivity contribution < 1.29 is 14.6 Å². The lowest BCUT2D eigenvalue weighted by Crippen LogP contribution is -2.06. The second-order valence-electron chi connectivity index (χ2n) is 5.30. The van der Waals surface area contributed by atoms with Crippen LogP contribution in [0.25, 0.3) is 0 Å². The fourth-order valence-corrected chi connectivity index (χ4v) is 2.74. The zero-order valence-corrected chi connectivity index (χ0v) is 11.1. The lowest BCUT2D eigenvalue weighted by molar-refractivity contribution is -0.142. The first kappa shape index (κ1) is 12.9. The van der Waals surface area contributed by atoms with Crippen molar-refractivity contribution in [3.05, 3.63) is 29.3 Å². The topological polar surface area (TPSA) is 46.5 Å². The highest BCUT2D eigenvalue weighted by atomic mass is 16.5. The van der Waals surface area contributed by atoms with Crippen molar-refractivity contribution in [3.8, 4) is 5.75 Å². The summed E-state index contributed by atoms with van der Waals surface area (Å²) >= 11 is 0. The van der Waals surface area contributed by atoms with E-state index in [0.717, 1.165) is 18.4 Å². The van der Waals surface area contributed by atoms with Crippen LogP contribution in [0.15, 0.2) is 18.2 Å². The maximum absolute atomic E-state index is 11.4. The van der Waals surface area contributed by atoms with Gasteiger partial charge in [0.25, 0.3) is 0 Å². The Kier molecular flexibility index (Phi) is 3.60. The summed E-state index contributed by atoms with van der Waals surface area (Å²) < 4.78 is 4.76. The van der Waals surface area contributed by atoms with Crippen molar-refractivity contribution in [2.75, 3.05) is 7.11 Å². The van der Waals surface area contributed by atoms with Gasteiger partial charge in [0.15, 0.2) is 0 Å². The first-order valence-corrected chi connectivity index (χ1v) is 6.40. The maximum atomic E-state index is 11.4. The van der Waals surface area contributed by atoms with Gasteiger partial charge in [0, 0.05) is 0 Å². The number of benzene rings is 1. The fraction of sp³-hybridized carbons (Fsp3) is 0.533. The van der Waals surface area contributed by atoms with E-state index in [0.29, 0.717) is 17.6 Å². The molecular formula is C15H20O3. The van der Waals surface area contributed by atoms with Crippen LogP contribution < -0.4 is 0 Å². The third-order valence-electron chi connectivity index (χ3n) is 3.87. The Balaban J connectivity index is 1.97. The van der Waals surface area contributed by atoms with Gasteiger partial charge in [-0.05, 0) is 54.9 Å². The minimum absolute atomic E-state index is 0.0744. The van der Waals surface area contributed by atoms with Crippen LogP contribution in [-0.2, 0) is 9.53 Å². The van der Waals surface area contributed by atoms with E-state index in [9.17, 15) is 9.90 Å². The highest BCUT2D eigenvalue weighted by molar-refractivity contribution is 5.75. The van der Waals surface area contributed by atoms with E-state index in [2.05, 4.69) is 6.92 Å². The second kappa shape index (κ2) is 5.01. The molecule has 0 aromatic heterocycles. The molecule has 0 radical (unpaired) electrons. The molecule has 0 spiro atoms. The van der Waals surface area contributed by atoms with Crippen LogP contribution in [-0.4, -0.2) is 18.2 Å². The maximum Gasteiger partial charge on any atom is 0.308 e. The molecule has 1 aliphatic rings. The molecule has 3 heteroatoms. The van der Waals surface area contributed by atoms with E-state index in [-0.39, 0.29) is 11.9 Å². The van der Waals surface area contributed by atoms with Gasteiger partial charge in [0.2, 0.25) is 0 Å². The molecule has 3 nitrogen and oxygen atoms in total. The molecular weight excluding hydrogens is 228 g/mol. The van der Waals surface area contributed by atoms with Gasteiger partial charge in [0.05, 0.1) is 13.0 Å². The Morgan fingerprint density at radius 3 is 2.89 bits per heavy atom. The first-order chi connectivity index (χ1) is 8.52. The van der Waals surface area contributed by atoms with E-state index < -0.39 is 0 Å². The van der Waals surface area contributed by atoms with Crippen LogP contribution in [0, 0.1) is 18.8 Å². The number of esters is 1. The summed E-state index contributed by atoms with van der Waals surface area (Å²) in [6.45, 7) is 4.18. The van der Waals surface area contributed by atoms with Crippen LogP contribution in [0.4, 0.5) is 0 Å². The Morgan fingerprint density at radius 2 is 2.28 bits per heavy atom. The third kappa shape index (κ3) is 2.66. The zero-order chi connectivity index (χ0) is 13.3. The molecule has 0 saturated heterocycles. The van der Waals surface area contributed by atoms with E-state index >= 15 is 0 Å². The van der Waals surface area contributed by atoms with Gasteiger partial charge in [0.1, 0.15) is 5.75 Å². The molecule has 2 rings (SSSR count). The minimum Gasteiger partial charge on any atom is -0.508 e. The monoisotopic (exact) mass is 248 g/mol. The first-order valence-electron chi connectivity index (χ1n) is 6.40. The molecule has 3 unspecified atom stereocenters. The molecule has 0 aliphatic heterocycles. The van der Waals surface area contributed by atoms with Gasteiger partial charge < -0.3 is 9.84 Å². The number of carbonyl (C=O) groups is 1. The molecule has 0 amide bonds. The number of phenols is 1. The molecule has 1 aromatic rings. The number of carbonyl (C=O) groups excluding carboxylic acids is 1. The van der Waals surface area contributed by atoms with Gasteiger partial charge in [-0.15, -0.1) is 0 Å². The zero-order valence-electron chi connectivity index (χ0n) is 11.1. The van der Waals surface area contributed by atoms with Gasteiger partial charge in [-0.1, -0.05) is 13.0 Å². The summed E-state index contributed by atoms with van der Waals surface area (Å²) in [4.78, 5) is 11.4. The van der Waals surface area contributed by atoms with Crippen LogP contribution in [0.5, 0.6) is 5.75 Å². The lowest BCUT2D eigenvalue weighted by atomic mass is 9.91. The van der Waals surface area contributed by atoms with Crippen molar-refractivity contribution >= 4 is 5.97 Å². The predicted octanol–water partition coefficient (Wildman–Crippen LogP) is 3.00. The second-order valence-corrected chi connectivity index (χ2v) is 5.30. The third-order valence-corrected chi connectivity index (χ3v) is 3.87. The summed E-state index contributed by atoms with van der Waals surface area (Å²) in [5.41, 5.74) is 2.36. The Labute approximate surface area is 108 Å². The molecule has 1 saturated carbocycles. The summed E-state index contributed by atoms with van der Waals surface area (Å²) in [6.07, 6.45) is 1.96. The van der Waals surface area contributed by atoms with Gasteiger partial charge >= 0.3 is 5.97 Å². The summed E-state index contributed by atoms with van der Waals surface area (Å²) in [5.74, 6) is 1.21. The Morgan fingerprint density at radius 1 is 1.56 bits per heavy atom. The van der Waals surface area contributed by atoms with Crippen molar-refractivity contribution in [2.24, 2.45) is 11.8 Å². The molecule has 1 N–H and O–H groups in total. The average Bonchev–Trinajstić information content (AvgIpc) is 3.07. The Hall–Kier alpha value is -1.51. The molecule has 0 bridgehead atoms. The van der Waals surface area contributed by atoms with Crippen LogP contribution >= 0.6 is 0 Å². The van der Waals surface area contributed by atoms with Crippen molar-refractivity contribution in [2.45, 2.75) is 32.6 Å². The fourth-order valence-electron chi connectivity index (χ4n) is 2.74. The number of hydrogen-bond acceptors (Lipinski definition) is 3. The predicted molar refractivity (Wildman–Crippen MR) is 69.5 cm³/mol. The summed E-state index contributed by atoms with van der Waals surface area (Å²) in [7, 11) is 1.45. The molecule has 3 atom stereocenters. The van der Waals surface area contributed by atoms with E-state index in [1.165, 1.54) is 12.7 Å². The number of aryl methyl sites for hydroxylation is 1. The number of rotatable bonds is 4. The molecule has 1 aromatic carbocycles. The highest BCUT2D eigenvalue weighted by Gasteiger charge is 2.44. The van der Waals surface area contributed by atoms with Crippen LogP contribution in [0.3, 0.4) is 0 Å². The standard InChI is InChI=1S/C15H20O3/c1-9(6-11-8-14(11)15(17)18-3)13-5-4-12(16)7-10(13)2/h4-5,7,9,11,14,16H,6,8H2,1-3H3. The van der Waals surface area contributed by atoms with Crippen LogP contribution in [0.2, 0.25) is 0 Å². The quantitative estimate of drug-likeness (QED) is 0.833. The molecule has 0 heterocycles. The van der Waals surface area contributed by atoms with Gasteiger partial charge in [-0.2, -0.15) is 0 Å². The van der Waals surface area contributed by atoms with E-state index in [4.69, 9.17) is 4.74 Å². The van der Waals surface area contributed by atoms with Gasteiger partial charge in [-0.3, -0.25) is 4.79 Å². The SMILES string of the molecule is COC(=O)C1CC1CC(C)c1ccc(O)cc1C. The van der Waals surface area contributed by atoms with Crippen molar-refractivity contribution in [1.82, 2.24) is 0 Å². The van der Waals surface area contributed by atoms with Gasteiger partial charge in [-0.25, -0.2) is 0 Å². The smallest absolute Gasteiger partial charge is 0.308 e. The van der Waals surface area contributed by atoms with E-state index in [1.54, 1.807) is 12.1 Å². The molecule has 98 valence electrons. The summed E-state index contributed by atoms with van der Waals surface area (Å²) in [5, 5.41) is 9.40. The molecule has 1 aliphatic carbocycles. The van der Waals surface area contributed by atoms with E-state index in [1.807, 2.05) is 13.0 Å². The summed E-state index contributed by atoms with van der Waals surface area (Å²) in [6, 6.07) is 5.49. The van der Waals surface area contributed by atoms with Crippen molar-refractivity contribution in [1.29, 1.82) is 0 Å².